The summed E-state index contributed by atoms with van der Waals surface area (Å²) in [6.45, 7) is 0.318. The summed E-state index contributed by atoms with van der Waals surface area (Å²) in [5, 5.41) is 7.03. The molecule has 236 valence electrons. The summed E-state index contributed by atoms with van der Waals surface area (Å²) in [5.74, 6) is -0.942. The predicted octanol–water partition coefficient (Wildman–Crippen LogP) is 4.81. The Hall–Kier alpha value is -5.11. The Morgan fingerprint density at radius 2 is 1.62 bits per heavy atom. The van der Waals surface area contributed by atoms with Crippen LogP contribution in [-0.2, 0) is 11.3 Å². The Balaban J connectivity index is 1.51. The molecule has 1 heterocycles. The van der Waals surface area contributed by atoms with E-state index in [0.29, 0.717) is 40.3 Å². The molecule has 4 rings (SSSR count). The van der Waals surface area contributed by atoms with Crippen molar-refractivity contribution in [2.75, 3.05) is 27.3 Å². The number of amides is 3. The predicted molar refractivity (Wildman–Crippen MR) is 160 cm³/mol. The van der Waals surface area contributed by atoms with E-state index in [1.807, 2.05) is 0 Å². The number of thiazole rings is 1. The Labute approximate surface area is 260 Å². The maximum atomic E-state index is 13.2. The van der Waals surface area contributed by atoms with Gasteiger partial charge in [0, 0.05) is 30.1 Å². The van der Waals surface area contributed by atoms with Crippen LogP contribution in [0, 0.1) is 0 Å². The van der Waals surface area contributed by atoms with Crippen molar-refractivity contribution in [1.29, 1.82) is 0 Å². The molecular formula is C31H29F3N4O6S. The van der Waals surface area contributed by atoms with Gasteiger partial charge in [0.2, 0.25) is 5.91 Å². The SMILES string of the molecule is COc1ccc(C(=O)N=c2scc(-c3ccc(OC(F)(F)F)cc3)n2CCCNC(=O)CNC(=O)c2ccccc2)c(OC)c1. The van der Waals surface area contributed by atoms with Gasteiger partial charge in [-0.05, 0) is 60.5 Å². The van der Waals surface area contributed by atoms with E-state index in [9.17, 15) is 27.6 Å². The Kier molecular flexibility index (Phi) is 11.0. The third-order valence-electron chi connectivity index (χ3n) is 6.34. The number of methoxy groups -OCH3 is 2. The van der Waals surface area contributed by atoms with Crippen molar-refractivity contribution in [2.45, 2.75) is 19.3 Å². The molecular weight excluding hydrogens is 613 g/mol. The van der Waals surface area contributed by atoms with Crippen molar-refractivity contribution in [3.05, 3.63) is 94.1 Å². The molecule has 3 aromatic carbocycles. The first kappa shape index (κ1) is 32.8. The van der Waals surface area contributed by atoms with Crippen molar-refractivity contribution in [3.8, 4) is 28.5 Å². The molecule has 45 heavy (non-hydrogen) atoms. The minimum absolute atomic E-state index is 0.207. The molecule has 0 atom stereocenters. The van der Waals surface area contributed by atoms with Gasteiger partial charge in [0.25, 0.3) is 11.8 Å². The normalized spacial score (nSPS) is 11.5. The van der Waals surface area contributed by atoms with E-state index < -0.39 is 12.3 Å². The maximum absolute atomic E-state index is 13.2. The Morgan fingerprint density at radius 3 is 2.29 bits per heavy atom. The van der Waals surface area contributed by atoms with Gasteiger partial charge in [-0.3, -0.25) is 14.4 Å². The van der Waals surface area contributed by atoms with Gasteiger partial charge in [0.1, 0.15) is 17.2 Å². The molecule has 0 aliphatic heterocycles. The van der Waals surface area contributed by atoms with Crippen LogP contribution in [0.25, 0.3) is 11.3 Å². The van der Waals surface area contributed by atoms with Crippen molar-refractivity contribution in [3.63, 3.8) is 0 Å². The fourth-order valence-electron chi connectivity index (χ4n) is 4.19. The summed E-state index contributed by atoms with van der Waals surface area (Å²) in [6.07, 6.45) is -4.42. The lowest BCUT2D eigenvalue weighted by molar-refractivity contribution is -0.274. The van der Waals surface area contributed by atoms with E-state index in [-0.39, 0.29) is 42.0 Å². The number of carbonyl (C=O) groups is 3. The topological polar surface area (TPSA) is 120 Å². The highest BCUT2D eigenvalue weighted by molar-refractivity contribution is 7.07. The Bertz CT molecular complexity index is 1700. The van der Waals surface area contributed by atoms with E-state index in [1.165, 1.54) is 55.9 Å². The van der Waals surface area contributed by atoms with Crippen LogP contribution in [0.4, 0.5) is 13.2 Å². The van der Waals surface area contributed by atoms with Gasteiger partial charge in [-0.2, -0.15) is 4.99 Å². The Morgan fingerprint density at radius 1 is 0.911 bits per heavy atom. The second-order valence-corrected chi connectivity index (χ2v) is 10.2. The number of hydrogen-bond donors (Lipinski definition) is 2. The second kappa shape index (κ2) is 15.1. The number of nitrogens with one attached hydrogen (secondary N) is 2. The number of benzene rings is 3. The molecule has 3 amide bonds. The van der Waals surface area contributed by atoms with Crippen LogP contribution in [0.1, 0.15) is 27.1 Å². The lowest BCUT2D eigenvalue weighted by Crippen LogP contribution is -2.37. The molecule has 0 spiro atoms. The first-order valence-electron chi connectivity index (χ1n) is 13.5. The van der Waals surface area contributed by atoms with Gasteiger partial charge in [0.15, 0.2) is 4.80 Å². The summed E-state index contributed by atoms with van der Waals surface area (Å²) >= 11 is 1.17. The number of carbonyl (C=O) groups excluding carboxylic acids is 3. The van der Waals surface area contributed by atoms with E-state index in [0.717, 1.165) is 0 Å². The molecule has 10 nitrogen and oxygen atoms in total. The lowest BCUT2D eigenvalue weighted by Gasteiger charge is -2.12. The average Bonchev–Trinajstić information content (AvgIpc) is 3.43. The number of aromatic nitrogens is 1. The van der Waals surface area contributed by atoms with Gasteiger partial charge in [-0.15, -0.1) is 24.5 Å². The van der Waals surface area contributed by atoms with E-state index in [1.54, 1.807) is 52.4 Å². The summed E-state index contributed by atoms with van der Waals surface area (Å²) in [4.78, 5) is 42.4. The van der Waals surface area contributed by atoms with E-state index in [4.69, 9.17) is 9.47 Å². The highest BCUT2D eigenvalue weighted by Crippen LogP contribution is 2.28. The first-order chi connectivity index (χ1) is 21.6. The van der Waals surface area contributed by atoms with E-state index in [2.05, 4.69) is 20.4 Å². The molecule has 0 saturated carbocycles. The minimum Gasteiger partial charge on any atom is -0.497 e. The number of ether oxygens (including phenoxy) is 3. The minimum atomic E-state index is -4.83. The molecule has 0 aliphatic carbocycles. The summed E-state index contributed by atoms with van der Waals surface area (Å²) in [6, 6.07) is 18.5. The van der Waals surface area contributed by atoms with Crippen LogP contribution in [0.2, 0.25) is 0 Å². The van der Waals surface area contributed by atoms with Crippen LogP contribution in [-0.4, -0.2) is 56.0 Å². The summed E-state index contributed by atoms with van der Waals surface area (Å²) < 4.78 is 54.2. The fourth-order valence-corrected chi connectivity index (χ4v) is 5.13. The molecule has 1 aromatic heterocycles. The molecule has 0 saturated heterocycles. The summed E-state index contributed by atoms with van der Waals surface area (Å²) in [7, 11) is 2.91. The second-order valence-electron chi connectivity index (χ2n) is 9.36. The van der Waals surface area contributed by atoms with Crippen LogP contribution >= 0.6 is 11.3 Å². The molecule has 0 fully saturated rings. The maximum Gasteiger partial charge on any atom is 0.573 e. The molecule has 14 heteroatoms. The highest BCUT2D eigenvalue weighted by atomic mass is 32.1. The number of alkyl halides is 3. The largest absolute Gasteiger partial charge is 0.573 e. The van der Waals surface area contributed by atoms with Gasteiger partial charge < -0.3 is 29.4 Å². The number of rotatable bonds is 12. The molecule has 0 radical (unpaired) electrons. The van der Waals surface area contributed by atoms with Gasteiger partial charge in [0.05, 0.1) is 32.0 Å². The zero-order valence-corrected chi connectivity index (χ0v) is 25.0. The van der Waals surface area contributed by atoms with Crippen LogP contribution in [0.15, 0.2) is 83.2 Å². The van der Waals surface area contributed by atoms with Gasteiger partial charge >= 0.3 is 6.36 Å². The average molecular weight is 643 g/mol. The van der Waals surface area contributed by atoms with Crippen molar-refractivity contribution in [2.24, 2.45) is 4.99 Å². The fraction of sp³-hybridized carbons (Fsp3) is 0.226. The van der Waals surface area contributed by atoms with Crippen molar-refractivity contribution < 1.29 is 41.8 Å². The third kappa shape index (κ3) is 9.19. The standard InChI is InChI=1S/C31H29F3N4O6S/c1-42-23-13-14-24(26(17-23)43-2)29(41)37-30-38(25(19-45-30)20-9-11-22(12-10-20)44-31(32,33)34)16-6-15-35-27(39)18-36-28(40)21-7-4-3-5-8-21/h3-5,7-14,17,19H,6,15-16,18H2,1-2H3,(H,35,39)(H,36,40). The number of halogens is 3. The monoisotopic (exact) mass is 642 g/mol. The zero-order chi connectivity index (χ0) is 32.4. The molecule has 0 aliphatic rings. The third-order valence-corrected chi connectivity index (χ3v) is 7.21. The lowest BCUT2D eigenvalue weighted by atomic mass is 10.1. The number of hydrogen-bond acceptors (Lipinski definition) is 7. The van der Waals surface area contributed by atoms with Crippen molar-refractivity contribution >= 4 is 29.1 Å². The van der Waals surface area contributed by atoms with E-state index >= 15 is 0 Å². The number of nitrogens with zero attached hydrogens (tertiary/aromatic N) is 2. The smallest absolute Gasteiger partial charge is 0.497 e. The highest BCUT2D eigenvalue weighted by Gasteiger charge is 2.31. The molecule has 0 bridgehead atoms. The molecule has 0 unspecified atom stereocenters. The van der Waals surface area contributed by atoms with Crippen LogP contribution in [0.5, 0.6) is 17.2 Å². The van der Waals surface area contributed by atoms with Gasteiger partial charge in [-0.1, -0.05) is 18.2 Å². The molecule has 2 N–H and O–H groups in total. The van der Waals surface area contributed by atoms with Gasteiger partial charge in [-0.25, -0.2) is 0 Å². The first-order valence-corrected chi connectivity index (χ1v) is 14.4. The summed E-state index contributed by atoms with van der Waals surface area (Å²) in [5.41, 5.74) is 1.79. The van der Waals surface area contributed by atoms with Crippen LogP contribution in [0.3, 0.4) is 0 Å². The quantitative estimate of drug-likeness (QED) is 0.214. The zero-order valence-electron chi connectivity index (χ0n) is 24.2. The van der Waals surface area contributed by atoms with Crippen LogP contribution < -0.4 is 29.6 Å². The van der Waals surface area contributed by atoms with Crippen molar-refractivity contribution in [1.82, 2.24) is 15.2 Å². The molecule has 4 aromatic rings.